The normalized spacial score (nSPS) is 10.3. The van der Waals surface area contributed by atoms with Gasteiger partial charge in [0.05, 0.1) is 24.4 Å². The lowest BCUT2D eigenvalue weighted by Gasteiger charge is -2.23. The van der Waals surface area contributed by atoms with Crippen LogP contribution in [-0.2, 0) is 11.3 Å². The van der Waals surface area contributed by atoms with E-state index in [-0.39, 0.29) is 6.03 Å². The van der Waals surface area contributed by atoms with E-state index in [9.17, 15) is 4.79 Å². The number of nitrogens with one attached hydrogen (secondary N) is 1. The van der Waals surface area contributed by atoms with E-state index in [0.717, 1.165) is 5.56 Å². The van der Waals surface area contributed by atoms with Gasteiger partial charge in [-0.1, -0.05) is 17.7 Å². The molecule has 0 saturated heterocycles. The Kier molecular flexibility index (Phi) is 6.84. The van der Waals surface area contributed by atoms with E-state index in [1.807, 2.05) is 12.1 Å². The Morgan fingerprint density at radius 3 is 2.79 bits per heavy atom. The lowest BCUT2D eigenvalue weighted by atomic mass is 10.2. The highest BCUT2D eigenvalue weighted by atomic mass is 35.5. The number of hydrogen-bond acceptors (Lipinski definition) is 4. The minimum Gasteiger partial charge on any atom is -0.497 e. The molecule has 0 aliphatic heterocycles. The molecule has 2 aromatic rings. The first-order valence-electron chi connectivity index (χ1n) is 7.41. The molecule has 24 heavy (non-hydrogen) atoms. The van der Waals surface area contributed by atoms with E-state index in [2.05, 4.69) is 10.3 Å². The van der Waals surface area contributed by atoms with E-state index in [0.29, 0.717) is 36.2 Å². The van der Waals surface area contributed by atoms with Gasteiger partial charge in [-0.15, -0.1) is 0 Å². The van der Waals surface area contributed by atoms with Crippen molar-refractivity contribution in [2.75, 3.05) is 32.7 Å². The topological polar surface area (TPSA) is 63.7 Å². The minimum atomic E-state index is -0.261. The van der Waals surface area contributed by atoms with Crippen LogP contribution >= 0.6 is 11.6 Å². The molecule has 1 aromatic heterocycles. The fourth-order valence-electron chi connectivity index (χ4n) is 2.08. The number of carbonyl (C=O) groups excluding carboxylic acids is 1. The summed E-state index contributed by atoms with van der Waals surface area (Å²) in [7, 11) is 3.16. The van der Waals surface area contributed by atoms with Crippen LogP contribution in [0.2, 0.25) is 5.02 Å². The monoisotopic (exact) mass is 349 g/mol. The number of methoxy groups -OCH3 is 2. The van der Waals surface area contributed by atoms with Gasteiger partial charge in [-0.2, -0.15) is 0 Å². The van der Waals surface area contributed by atoms with Gasteiger partial charge in [0.15, 0.2) is 0 Å². The van der Waals surface area contributed by atoms with Crippen LogP contribution in [0.1, 0.15) is 5.56 Å². The molecule has 0 saturated carbocycles. The lowest BCUT2D eigenvalue weighted by Crippen LogP contribution is -2.36. The molecular formula is C17H20ClN3O3. The summed E-state index contributed by atoms with van der Waals surface area (Å²) in [6, 6.07) is 8.59. The molecule has 2 rings (SSSR count). The molecule has 0 atom stereocenters. The van der Waals surface area contributed by atoms with Gasteiger partial charge in [-0.05, 0) is 23.8 Å². The van der Waals surface area contributed by atoms with Gasteiger partial charge in [0.1, 0.15) is 5.75 Å². The molecule has 1 heterocycles. The molecule has 6 nitrogen and oxygen atoms in total. The van der Waals surface area contributed by atoms with Gasteiger partial charge >= 0.3 is 6.03 Å². The molecule has 0 unspecified atom stereocenters. The third-order valence-electron chi connectivity index (χ3n) is 3.37. The quantitative estimate of drug-likeness (QED) is 0.831. The molecule has 0 aliphatic carbocycles. The van der Waals surface area contributed by atoms with E-state index >= 15 is 0 Å². The smallest absolute Gasteiger partial charge is 0.322 e. The fraction of sp³-hybridized carbons (Fsp3) is 0.294. The number of amides is 2. The van der Waals surface area contributed by atoms with E-state index in [1.165, 1.54) is 0 Å². The summed E-state index contributed by atoms with van der Waals surface area (Å²) < 4.78 is 10.2. The summed E-state index contributed by atoms with van der Waals surface area (Å²) in [5.74, 6) is 0.629. The number of benzene rings is 1. The Labute approximate surface area is 146 Å². The van der Waals surface area contributed by atoms with Crippen molar-refractivity contribution >= 4 is 23.3 Å². The minimum absolute atomic E-state index is 0.261. The Balaban J connectivity index is 2.09. The SMILES string of the molecule is COCCN(Cc1cccnc1)C(=O)Nc1ccc(OC)cc1Cl. The summed E-state index contributed by atoms with van der Waals surface area (Å²) in [6.45, 7) is 1.31. The van der Waals surface area contributed by atoms with Crippen LogP contribution in [0.3, 0.4) is 0 Å². The van der Waals surface area contributed by atoms with Crippen LogP contribution in [0.25, 0.3) is 0 Å². The maximum absolute atomic E-state index is 12.6. The van der Waals surface area contributed by atoms with Gasteiger partial charge in [0.2, 0.25) is 0 Å². The number of ether oxygens (including phenoxy) is 2. The van der Waals surface area contributed by atoms with Crippen LogP contribution in [0, 0.1) is 0 Å². The number of halogens is 1. The van der Waals surface area contributed by atoms with Crippen molar-refractivity contribution in [3.8, 4) is 5.75 Å². The van der Waals surface area contributed by atoms with Crippen molar-refractivity contribution in [2.45, 2.75) is 6.54 Å². The van der Waals surface area contributed by atoms with E-state index < -0.39 is 0 Å². The maximum atomic E-state index is 12.6. The van der Waals surface area contributed by atoms with Crippen molar-refractivity contribution < 1.29 is 14.3 Å². The van der Waals surface area contributed by atoms with Crippen LogP contribution in [0.4, 0.5) is 10.5 Å². The van der Waals surface area contributed by atoms with Crippen molar-refractivity contribution in [2.24, 2.45) is 0 Å². The highest BCUT2D eigenvalue weighted by Crippen LogP contribution is 2.26. The Bertz CT molecular complexity index is 667. The van der Waals surface area contributed by atoms with Crippen LogP contribution in [0.5, 0.6) is 5.75 Å². The number of aromatic nitrogens is 1. The van der Waals surface area contributed by atoms with E-state index in [4.69, 9.17) is 21.1 Å². The van der Waals surface area contributed by atoms with E-state index in [1.54, 1.807) is 49.7 Å². The molecule has 0 radical (unpaired) electrons. The lowest BCUT2D eigenvalue weighted by molar-refractivity contribution is 0.153. The van der Waals surface area contributed by atoms with Crippen molar-refractivity contribution in [3.05, 3.63) is 53.3 Å². The maximum Gasteiger partial charge on any atom is 0.322 e. The number of carbonyl (C=O) groups is 1. The second-order valence-corrected chi connectivity index (χ2v) is 5.46. The Morgan fingerprint density at radius 2 is 2.17 bits per heavy atom. The third-order valence-corrected chi connectivity index (χ3v) is 3.68. The summed E-state index contributed by atoms with van der Waals surface area (Å²) in [4.78, 5) is 18.3. The Hall–Kier alpha value is -2.31. The number of pyridine rings is 1. The average molecular weight is 350 g/mol. The highest BCUT2D eigenvalue weighted by Gasteiger charge is 2.15. The van der Waals surface area contributed by atoms with Crippen LogP contribution < -0.4 is 10.1 Å². The second-order valence-electron chi connectivity index (χ2n) is 5.05. The molecule has 1 aromatic carbocycles. The number of hydrogen-bond donors (Lipinski definition) is 1. The largest absolute Gasteiger partial charge is 0.497 e. The molecule has 2 amide bonds. The average Bonchev–Trinajstić information content (AvgIpc) is 2.61. The second kappa shape index (κ2) is 9.10. The molecule has 0 fully saturated rings. The van der Waals surface area contributed by atoms with Gasteiger partial charge in [0, 0.05) is 38.7 Å². The first-order chi connectivity index (χ1) is 11.6. The van der Waals surface area contributed by atoms with Crippen molar-refractivity contribution in [1.82, 2.24) is 9.88 Å². The van der Waals surface area contributed by atoms with Crippen molar-refractivity contribution in [3.63, 3.8) is 0 Å². The number of urea groups is 1. The number of nitrogens with zero attached hydrogens (tertiary/aromatic N) is 2. The molecule has 7 heteroatoms. The predicted molar refractivity (Wildman–Crippen MR) is 93.5 cm³/mol. The van der Waals surface area contributed by atoms with Gasteiger partial charge in [-0.3, -0.25) is 4.98 Å². The van der Waals surface area contributed by atoms with Crippen LogP contribution in [-0.4, -0.2) is 43.3 Å². The zero-order chi connectivity index (χ0) is 17.4. The molecule has 128 valence electrons. The predicted octanol–water partition coefficient (Wildman–Crippen LogP) is 3.42. The van der Waals surface area contributed by atoms with Gasteiger partial charge in [-0.25, -0.2) is 4.79 Å². The number of anilines is 1. The molecular weight excluding hydrogens is 330 g/mol. The van der Waals surface area contributed by atoms with Gasteiger partial charge < -0.3 is 19.7 Å². The first kappa shape index (κ1) is 18.0. The number of rotatable bonds is 7. The molecule has 0 spiro atoms. The summed E-state index contributed by atoms with van der Waals surface area (Å²) in [6.07, 6.45) is 3.42. The summed E-state index contributed by atoms with van der Waals surface area (Å²) in [5.41, 5.74) is 1.46. The standard InChI is InChI=1S/C17H20ClN3O3/c1-23-9-8-21(12-13-4-3-7-19-11-13)17(22)20-16-6-5-14(24-2)10-15(16)18/h3-7,10-11H,8-9,12H2,1-2H3,(H,20,22). The third kappa shape index (κ3) is 5.11. The molecule has 0 bridgehead atoms. The summed E-state index contributed by atoms with van der Waals surface area (Å²) in [5, 5.41) is 3.23. The van der Waals surface area contributed by atoms with Crippen molar-refractivity contribution in [1.29, 1.82) is 0 Å². The zero-order valence-corrected chi connectivity index (χ0v) is 14.4. The highest BCUT2D eigenvalue weighted by molar-refractivity contribution is 6.33. The zero-order valence-electron chi connectivity index (χ0n) is 13.7. The van der Waals surface area contributed by atoms with Crippen LogP contribution in [0.15, 0.2) is 42.7 Å². The Morgan fingerprint density at radius 1 is 1.33 bits per heavy atom. The molecule has 1 N–H and O–H groups in total. The first-order valence-corrected chi connectivity index (χ1v) is 7.79. The van der Waals surface area contributed by atoms with Gasteiger partial charge in [0.25, 0.3) is 0 Å². The molecule has 0 aliphatic rings. The fourth-order valence-corrected chi connectivity index (χ4v) is 2.30. The summed E-state index contributed by atoms with van der Waals surface area (Å²) >= 11 is 6.17.